The first-order valence-electron chi connectivity index (χ1n) is 5.70. The van der Waals surface area contributed by atoms with Crippen LogP contribution in [-0.4, -0.2) is 43.9 Å². The Labute approximate surface area is 117 Å². The summed E-state index contributed by atoms with van der Waals surface area (Å²) >= 11 is 0. The summed E-state index contributed by atoms with van der Waals surface area (Å²) in [5, 5.41) is 18.4. The van der Waals surface area contributed by atoms with E-state index in [9.17, 15) is 18.3 Å². The highest BCUT2D eigenvalue weighted by molar-refractivity contribution is 7.89. The van der Waals surface area contributed by atoms with Gasteiger partial charge < -0.3 is 14.9 Å². The van der Waals surface area contributed by atoms with Crippen LogP contribution in [0.4, 0.5) is 0 Å². The molecule has 0 aliphatic carbocycles. The van der Waals surface area contributed by atoms with Crippen molar-refractivity contribution in [1.82, 2.24) is 4.72 Å². The number of carbonyl (C=O) groups is 1. The number of hydrogen-bond donors (Lipinski definition) is 3. The molecule has 0 aliphatic rings. The minimum Gasteiger partial charge on any atom is -0.495 e. The molecule has 7 nitrogen and oxygen atoms in total. The molecule has 8 heteroatoms. The molecule has 0 saturated carbocycles. The lowest BCUT2D eigenvalue weighted by atomic mass is 10.1. The molecular formula is C12H17NO6S. The molecule has 0 fully saturated rings. The zero-order chi connectivity index (χ0) is 15.6. The van der Waals surface area contributed by atoms with Gasteiger partial charge in [0, 0.05) is 6.54 Å². The van der Waals surface area contributed by atoms with E-state index < -0.39 is 21.6 Å². The fraction of sp³-hybridized carbons (Fsp3) is 0.417. The van der Waals surface area contributed by atoms with E-state index in [1.165, 1.54) is 27.0 Å². The zero-order valence-electron chi connectivity index (χ0n) is 11.4. The third kappa shape index (κ3) is 4.19. The normalized spacial score (nSPS) is 12.2. The zero-order valence-corrected chi connectivity index (χ0v) is 12.2. The highest BCUT2D eigenvalue weighted by atomic mass is 32.2. The molecule has 0 aliphatic heterocycles. The number of aromatic carboxylic acids is 1. The second-order valence-corrected chi connectivity index (χ2v) is 6.54. The summed E-state index contributed by atoms with van der Waals surface area (Å²) in [4.78, 5) is 10.6. The van der Waals surface area contributed by atoms with Crippen LogP contribution in [-0.2, 0) is 10.0 Å². The van der Waals surface area contributed by atoms with E-state index in [1.54, 1.807) is 0 Å². The Kier molecular flexibility index (Phi) is 4.74. The Morgan fingerprint density at radius 2 is 2.00 bits per heavy atom. The summed E-state index contributed by atoms with van der Waals surface area (Å²) in [5.41, 5.74) is -1.29. The predicted molar refractivity (Wildman–Crippen MR) is 71.4 cm³/mol. The highest BCUT2D eigenvalue weighted by Gasteiger charge is 2.23. The lowest BCUT2D eigenvalue weighted by Crippen LogP contribution is -2.38. The van der Waals surface area contributed by atoms with Crippen LogP contribution < -0.4 is 9.46 Å². The molecule has 0 spiro atoms. The van der Waals surface area contributed by atoms with Crippen LogP contribution in [0.3, 0.4) is 0 Å². The third-order valence-corrected chi connectivity index (χ3v) is 3.84. The van der Waals surface area contributed by atoms with Crippen molar-refractivity contribution in [2.24, 2.45) is 0 Å². The number of ether oxygens (including phenoxy) is 1. The van der Waals surface area contributed by atoms with Crippen LogP contribution in [0, 0.1) is 0 Å². The number of methoxy groups -OCH3 is 1. The van der Waals surface area contributed by atoms with Gasteiger partial charge in [-0.1, -0.05) is 0 Å². The molecule has 0 bridgehead atoms. The maximum atomic E-state index is 12.1. The van der Waals surface area contributed by atoms with Crippen molar-refractivity contribution in [2.45, 2.75) is 24.3 Å². The molecule has 1 rings (SSSR count). The number of hydrogen-bond acceptors (Lipinski definition) is 5. The molecular weight excluding hydrogens is 286 g/mol. The standard InChI is InChI=1S/C12H17NO6S/c1-12(2,16)7-13-20(17,18)10-5-4-8(11(14)15)6-9(10)19-3/h4-6,13,16H,7H2,1-3H3,(H,14,15). The van der Waals surface area contributed by atoms with Gasteiger partial charge in [-0.2, -0.15) is 0 Å². The summed E-state index contributed by atoms with van der Waals surface area (Å²) in [5.74, 6) is -1.26. The average molecular weight is 303 g/mol. The van der Waals surface area contributed by atoms with E-state index in [2.05, 4.69) is 4.72 Å². The van der Waals surface area contributed by atoms with Crippen molar-refractivity contribution in [2.75, 3.05) is 13.7 Å². The summed E-state index contributed by atoms with van der Waals surface area (Å²) < 4.78 is 31.3. The van der Waals surface area contributed by atoms with Gasteiger partial charge in [-0.3, -0.25) is 0 Å². The number of carboxylic acids is 1. The molecule has 0 heterocycles. The first-order valence-corrected chi connectivity index (χ1v) is 7.18. The van der Waals surface area contributed by atoms with Crippen LogP contribution >= 0.6 is 0 Å². The second-order valence-electron chi connectivity index (χ2n) is 4.81. The fourth-order valence-corrected chi connectivity index (χ4v) is 2.73. The average Bonchev–Trinajstić information content (AvgIpc) is 2.35. The lowest BCUT2D eigenvalue weighted by molar-refractivity contribution is 0.0696. The van der Waals surface area contributed by atoms with Crippen molar-refractivity contribution in [3.63, 3.8) is 0 Å². The third-order valence-electron chi connectivity index (χ3n) is 2.39. The summed E-state index contributed by atoms with van der Waals surface area (Å²) in [6, 6.07) is 3.44. The van der Waals surface area contributed by atoms with Crippen molar-refractivity contribution in [1.29, 1.82) is 0 Å². The highest BCUT2D eigenvalue weighted by Crippen LogP contribution is 2.25. The number of aliphatic hydroxyl groups is 1. The first-order chi connectivity index (χ1) is 9.07. The van der Waals surface area contributed by atoms with Crippen molar-refractivity contribution in [3.05, 3.63) is 23.8 Å². The quantitative estimate of drug-likeness (QED) is 0.703. The van der Waals surface area contributed by atoms with E-state index >= 15 is 0 Å². The maximum absolute atomic E-state index is 12.1. The molecule has 0 radical (unpaired) electrons. The van der Waals surface area contributed by atoms with E-state index in [-0.39, 0.29) is 22.8 Å². The number of rotatable bonds is 6. The van der Waals surface area contributed by atoms with Crippen LogP contribution in [0.5, 0.6) is 5.75 Å². The maximum Gasteiger partial charge on any atom is 0.335 e. The van der Waals surface area contributed by atoms with Gasteiger partial charge in [0.25, 0.3) is 0 Å². The van der Waals surface area contributed by atoms with Crippen molar-refractivity contribution < 1.29 is 28.2 Å². The fourth-order valence-electron chi connectivity index (χ4n) is 1.37. The summed E-state index contributed by atoms with van der Waals surface area (Å²) in [6.07, 6.45) is 0. The lowest BCUT2D eigenvalue weighted by Gasteiger charge is -2.18. The number of benzene rings is 1. The molecule has 0 saturated heterocycles. The van der Waals surface area contributed by atoms with Gasteiger partial charge in [0.15, 0.2) is 0 Å². The van der Waals surface area contributed by atoms with E-state index in [1.807, 2.05) is 0 Å². The summed E-state index contributed by atoms with van der Waals surface area (Å²) in [6.45, 7) is 2.74. The van der Waals surface area contributed by atoms with E-state index in [0.29, 0.717) is 0 Å². The molecule has 0 unspecified atom stereocenters. The van der Waals surface area contributed by atoms with Gasteiger partial charge in [0.05, 0.1) is 18.3 Å². The molecule has 0 amide bonds. The monoisotopic (exact) mass is 303 g/mol. The topological polar surface area (TPSA) is 113 Å². The Balaban J connectivity index is 3.15. The molecule has 20 heavy (non-hydrogen) atoms. The second kappa shape index (κ2) is 5.78. The van der Waals surface area contributed by atoms with Gasteiger partial charge in [0.1, 0.15) is 10.6 Å². The van der Waals surface area contributed by atoms with Gasteiger partial charge in [0.2, 0.25) is 10.0 Å². The van der Waals surface area contributed by atoms with Gasteiger partial charge >= 0.3 is 5.97 Å². The largest absolute Gasteiger partial charge is 0.495 e. The van der Waals surface area contributed by atoms with Crippen molar-refractivity contribution in [3.8, 4) is 5.75 Å². The van der Waals surface area contributed by atoms with Crippen LogP contribution in [0.15, 0.2) is 23.1 Å². The Morgan fingerprint density at radius 3 is 2.45 bits per heavy atom. The summed E-state index contributed by atoms with van der Waals surface area (Å²) in [7, 11) is -2.66. The van der Waals surface area contributed by atoms with Crippen LogP contribution in [0.25, 0.3) is 0 Å². The number of sulfonamides is 1. The molecule has 0 aromatic heterocycles. The van der Waals surface area contributed by atoms with Gasteiger partial charge in [-0.05, 0) is 32.0 Å². The van der Waals surface area contributed by atoms with E-state index in [0.717, 1.165) is 12.1 Å². The molecule has 0 atom stereocenters. The number of nitrogens with one attached hydrogen (secondary N) is 1. The van der Waals surface area contributed by atoms with Crippen molar-refractivity contribution >= 4 is 16.0 Å². The van der Waals surface area contributed by atoms with Crippen LogP contribution in [0.2, 0.25) is 0 Å². The Bertz CT molecular complexity index is 603. The van der Waals surface area contributed by atoms with Gasteiger partial charge in [-0.15, -0.1) is 0 Å². The van der Waals surface area contributed by atoms with Gasteiger partial charge in [-0.25, -0.2) is 17.9 Å². The van der Waals surface area contributed by atoms with Crippen LogP contribution in [0.1, 0.15) is 24.2 Å². The first kappa shape index (κ1) is 16.4. The minimum absolute atomic E-state index is 0.0758. The minimum atomic E-state index is -3.91. The molecule has 1 aromatic rings. The molecule has 3 N–H and O–H groups in total. The predicted octanol–water partition coefficient (Wildman–Crippen LogP) is 0.443. The Morgan fingerprint density at radius 1 is 1.40 bits per heavy atom. The smallest absolute Gasteiger partial charge is 0.335 e. The molecule has 112 valence electrons. The van der Waals surface area contributed by atoms with E-state index in [4.69, 9.17) is 9.84 Å². The Hall–Kier alpha value is -1.64. The number of carboxylic acid groups (broad SMARTS) is 1. The molecule has 1 aromatic carbocycles. The SMILES string of the molecule is COc1cc(C(=O)O)ccc1S(=O)(=O)NCC(C)(C)O.